The third-order valence-corrected chi connectivity index (χ3v) is 21.8. The van der Waals surface area contributed by atoms with Crippen LogP contribution in [0.3, 0.4) is 0 Å². The highest BCUT2D eigenvalue weighted by Gasteiger charge is 2.51. The molecule has 0 saturated heterocycles. The first-order chi connectivity index (χ1) is 40.3. The van der Waals surface area contributed by atoms with Crippen molar-refractivity contribution in [3.05, 3.63) is 201 Å². The Kier molecular flexibility index (Phi) is 12.9. The number of hydrogen-bond acceptors (Lipinski definition) is 3. The monoisotopic (exact) mass is 1150 g/mol. The van der Waals surface area contributed by atoms with Gasteiger partial charge in [-0.3, -0.25) is 0 Å². The fraction of sp³-hybridized carbons (Fsp3) is 0.422. The summed E-state index contributed by atoms with van der Waals surface area (Å²) in [6.45, 7) is 55.6. The molecule has 0 atom stereocenters. The molecule has 8 aromatic rings. The summed E-state index contributed by atoms with van der Waals surface area (Å²) in [4.78, 5) is 8.08. The molecule has 4 heteroatoms. The van der Waals surface area contributed by atoms with E-state index in [-0.39, 0.29) is 55.4 Å². The largest absolute Gasteiger partial charge is 0.311 e. The van der Waals surface area contributed by atoms with E-state index in [1.807, 2.05) is 0 Å². The Hall–Kier alpha value is -6.78. The van der Waals surface area contributed by atoms with E-state index in [4.69, 9.17) is 0 Å². The zero-order chi connectivity index (χ0) is 62.6. The van der Waals surface area contributed by atoms with E-state index in [1.54, 1.807) is 0 Å². The molecule has 8 aromatic carbocycles. The van der Waals surface area contributed by atoms with Gasteiger partial charge in [0.05, 0.1) is 5.69 Å². The molecule has 2 aliphatic heterocycles. The van der Waals surface area contributed by atoms with E-state index in [2.05, 4.69) is 313 Å². The summed E-state index contributed by atoms with van der Waals surface area (Å²) in [6, 6.07) is 56.6. The smallest absolute Gasteiger partial charge is 0.252 e. The van der Waals surface area contributed by atoms with Crippen LogP contribution < -0.4 is 31.1 Å². The Labute approximate surface area is 525 Å². The van der Waals surface area contributed by atoms with Gasteiger partial charge in [0.15, 0.2) is 0 Å². The molecular formula is C83H98BN3. The number of aryl methyl sites for hydroxylation is 1. The Morgan fingerprint density at radius 2 is 0.862 bits per heavy atom. The molecule has 87 heavy (non-hydrogen) atoms. The zero-order valence-corrected chi connectivity index (χ0v) is 57.3. The van der Waals surface area contributed by atoms with Crippen LogP contribution in [0.1, 0.15) is 233 Å². The van der Waals surface area contributed by atoms with Gasteiger partial charge in [-0.25, -0.2) is 0 Å². The van der Waals surface area contributed by atoms with Gasteiger partial charge in [-0.2, -0.15) is 0 Å². The second kappa shape index (κ2) is 18.9. The van der Waals surface area contributed by atoms with Crippen molar-refractivity contribution in [3.63, 3.8) is 0 Å². The van der Waals surface area contributed by atoms with E-state index in [1.165, 1.54) is 129 Å². The molecule has 0 saturated carbocycles. The maximum Gasteiger partial charge on any atom is 0.252 e. The predicted molar refractivity (Wildman–Crippen MR) is 378 cm³/mol. The summed E-state index contributed by atoms with van der Waals surface area (Å²) in [5.74, 6) is 0. The lowest BCUT2D eigenvalue weighted by atomic mass is 9.33. The average Bonchev–Trinajstić information content (AvgIpc) is 1.64. The van der Waals surface area contributed by atoms with Crippen molar-refractivity contribution >= 4 is 74.3 Å². The molecule has 0 aromatic heterocycles. The number of rotatable bonds is 5. The van der Waals surface area contributed by atoms with Gasteiger partial charge < -0.3 is 14.7 Å². The van der Waals surface area contributed by atoms with Gasteiger partial charge in [-0.1, -0.05) is 225 Å². The highest BCUT2D eigenvalue weighted by molar-refractivity contribution is 7.00. The van der Waals surface area contributed by atoms with Gasteiger partial charge in [0.2, 0.25) is 0 Å². The fourth-order valence-corrected chi connectivity index (χ4v) is 16.8. The third kappa shape index (κ3) is 9.15. The van der Waals surface area contributed by atoms with Crippen LogP contribution in [0.2, 0.25) is 0 Å². The van der Waals surface area contributed by atoms with Crippen LogP contribution in [-0.4, -0.2) is 6.71 Å². The summed E-state index contributed by atoms with van der Waals surface area (Å²) in [5, 5.41) is 0. The van der Waals surface area contributed by atoms with Crippen LogP contribution >= 0.6 is 0 Å². The molecular weight excluding hydrogens is 1050 g/mol. The number of fused-ring (bicyclic) bond motifs is 9. The topological polar surface area (TPSA) is 9.72 Å². The van der Waals surface area contributed by atoms with Crippen LogP contribution in [0.25, 0.3) is 11.1 Å². The molecule has 0 bridgehead atoms. The van der Waals surface area contributed by atoms with Gasteiger partial charge in [-0.15, -0.1) is 0 Å². The van der Waals surface area contributed by atoms with Crippen molar-refractivity contribution in [3.8, 4) is 11.1 Å². The molecule has 2 heterocycles. The third-order valence-electron chi connectivity index (χ3n) is 21.8. The zero-order valence-electron chi connectivity index (χ0n) is 57.3. The van der Waals surface area contributed by atoms with Crippen LogP contribution in [0.4, 0.5) is 51.2 Å². The SMILES string of the molecule is Cc1cc2c(cc1N1c3cc4c(cc3B3c5ccc(N(c6ccc(C(C)(C)C)cc6)c6ccc(C(C)(C)C)cc6)cc5N(c5ccc(C(C)(C)C)c6c5C(C)(C)c5ccccc5-6)c5cc(C(C)(C)C)cc1c53)C(C)(C)CC4(C)C)C(C)(C)CCC2(C)C. The van der Waals surface area contributed by atoms with Crippen molar-refractivity contribution in [2.75, 3.05) is 14.7 Å². The van der Waals surface area contributed by atoms with Crippen molar-refractivity contribution in [2.45, 2.75) is 227 Å². The number of benzene rings is 8. The number of anilines is 9. The molecule has 5 aliphatic rings. The van der Waals surface area contributed by atoms with Crippen LogP contribution in [-0.2, 0) is 48.7 Å². The van der Waals surface area contributed by atoms with Gasteiger partial charge in [0.1, 0.15) is 0 Å². The molecule has 0 N–H and O–H groups in total. The minimum atomic E-state index is -0.313. The first-order valence-corrected chi connectivity index (χ1v) is 32.9. The molecule has 0 unspecified atom stereocenters. The summed E-state index contributed by atoms with van der Waals surface area (Å²) in [5.41, 5.74) is 33.0. The number of hydrogen-bond donors (Lipinski definition) is 0. The number of nitrogens with zero attached hydrogens (tertiary/aromatic N) is 3. The van der Waals surface area contributed by atoms with Crippen molar-refractivity contribution in [2.24, 2.45) is 0 Å². The minimum Gasteiger partial charge on any atom is -0.311 e. The molecule has 0 spiro atoms. The first-order valence-electron chi connectivity index (χ1n) is 32.9. The van der Waals surface area contributed by atoms with Gasteiger partial charge in [0.25, 0.3) is 6.71 Å². The molecule has 0 fully saturated rings. The Morgan fingerprint density at radius 3 is 1.40 bits per heavy atom. The standard InChI is InChI=1S/C83H98BN3/c1-50-42-60-62(80(16,17)41-40-79(60,14)15)47-67(50)87-69-48-63-61(81(18,19)49-82(63,20)21)46-65(69)84-64-38-36-56(85(54-32-28-51(29-33-54)75(2,3)4)55-34-30-52(31-35-55)76(5,6)7)45-68(64)86(70-43-53(77(8,9)10)44-71(87)74(70)84)66-39-37-59(78(11,12)13)72-57-26-24-25-27-58(57)83(22,23)73(66)72/h24-39,42-48H,40-41,49H2,1-23H3. The fourth-order valence-electron chi connectivity index (χ4n) is 16.8. The van der Waals surface area contributed by atoms with Gasteiger partial charge >= 0.3 is 0 Å². The van der Waals surface area contributed by atoms with Crippen LogP contribution in [0, 0.1) is 6.92 Å². The molecule has 13 rings (SSSR count). The first kappa shape index (κ1) is 59.2. The maximum absolute atomic E-state index is 2.78. The Balaban J connectivity index is 1.18. The summed E-state index contributed by atoms with van der Waals surface area (Å²) < 4.78 is 0. The van der Waals surface area contributed by atoms with Crippen LogP contribution in [0.15, 0.2) is 140 Å². The van der Waals surface area contributed by atoms with E-state index < -0.39 is 0 Å². The minimum absolute atomic E-state index is 0.00504. The van der Waals surface area contributed by atoms with E-state index in [0.29, 0.717) is 0 Å². The normalized spacial score (nSPS) is 18.1. The van der Waals surface area contributed by atoms with Crippen LogP contribution in [0.5, 0.6) is 0 Å². The lowest BCUT2D eigenvalue weighted by Crippen LogP contribution is -2.62. The molecule has 448 valence electrons. The predicted octanol–water partition coefficient (Wildman–Crippen LogP) is 21.4. The highest BCUT2D eigenvalue weighted by Crippen LogP contribution is 2.60. The van der Waals surface area contributed by atoms with Gasteiger partial charge in [-0.05, 0) is 225 Å². The van der Waals surface area contributed by atoms with E-state index >= 15 is 0 Å². The Morgan fingerprint density at radius 1 is 0.391 bits per heavy atom. The lowest BCUT2D eigenvalue weighted by Gasteiger charge is -2.47. The summed E-state index contributed by atoms with van der Waals surface area (Å²) in [7, 11) is 0. The maximum atomic E-state index is 2.78. The highest BCUT2D eigenvalue weighted by atomic mass is 15.2. The van der Waals surface area contributed by atoms with Gasteiger partial charge in [0, 0.05) is 50.9 Å². The quantitative estimate of drug-likeness (QED) is 0.159. The average molecular weight is 1150 g/mol. The van der Waals surface area contributed by atoms with E-state index in [0.717, 1.165) is 29.9 Å². The van der Waals surface area contributed by atoms with Crippen molar-refractivity contribution < 1.29 is 0 Å². The molecule has 3 nitrogen and oxygen atoms in total. The Bertz CT molecular complexity index is 4090. The summed E-state index contributed by atoms with van der Waals surface area (Å²) >= 11 is 0. The molecule has 0 amide bonds. The second-order valence-corrected chi connectivity index (χ2v) is 34.6. The molecule has 0 radical (unpaired) electrons. The van der Waals surface area contributed by atoms with E-state index in [9.17, 15) is 0 Å². The summed E-state index contributed by atoms with van der Waals surface area (Å²) in [6.07, 6.45) is 3.44. The lowest BCUT2D eigenvalue weighted by molar-refractivity contribution is 0.332. The van der Waals surface area contributed by atoms with Crippen molar-refractivity contribution in [1.82, 2.24) is 0 Å². The van der Waals surface area contributed by atoms with Crippen molar-refractivity contribution in [1.29, 1.82) is 0 Å². The second-order valence-electron chi connectivity index (χ2n) is 34.6. The molecule has 3 aliphatic carbocycles.